The zero-order valence-corrected chi connectivity index (χ0v) is 8.06. The largest absolute Gasteiger partial charge is 0.359 e. The molecule has 0 aliphatic rings. The second-order valence-electron chi connectivity index (χ2n) is 3.08. The summed E-state index contributed by atoms with van der Waals surface area (Å²) in [4.78, 5) is 10.1. The smallest absolute Gasteiger partial charge is 0.120 e. The van der Waals surface area contributed by atoms with Gasteiger partial charge in [-0.15, -0.1) is 0 Å². The summed E-state index contributed by atoms with van der Waals surface area (Å²) in [6, 6.07) is 9.82. The molecule has 0 aromatic heterocycles. The number of hydrogen-bond donors (Lipinski definition) is 1. The Bertz CT molecular complexity index is 261. The monoisotopic (exact) mass is 193 g/mol. The van der Waals surface area contributed by atoms with Crippen LogP contribution in [0.5, 0.6) is 0 Å². The maximum atomic E-state index is 10.1. The van der Waals surface area contributed by atoms with E-state index < -0.39 is 0 Å². The van der Waals surface area contributed by atoms with Gasteiger partial charge in [-0.25, -0.2) is 0 Å². The van der Waals surface area contributed by atoms with Crippen molar-refractivity contribution in [1.82, 2.24) is 0 Å². The van der Waals surface area contributed by atoms with Crippen LogP contribution >= 0.6 is 0 Å². The van der Waals surface area contributed by atoms with Crippen LogP contribution in [0.25, 0.3) is 0 Å². The summed E-state index contributed by atoms with van der Waals surface area (Å²) < 4.78 is 5.35. The van der Waals surface area contributed by atoms with E-state index >= 15 is 0 Å². The van der Waals surface area contributed by atoms with Gasteiger partial charge >= 0.3 is 0 Å². The van der Waals surface area contributed by atoms with Crippen LogP contribution in [0.1, 0.15) is 18.4 Å². The molecule has 0 radical (unpaired) electrons. The summed E-state index contributed by atoms with van der Waals surface area (Å²) in [7, 11) is 0. The maximum Gasteiger partial charge on any atom is 0.120 e. The van der Waals surface area contributed by atoms with Crippen molar-refractivity contribution in [1.29, 1.82) is 0 Å². The molecule has 76 valence electrons. The second-order valence-corrected chi connectivity index (χ2v) is 3.08. The first kappa shape index (κ1) is 10.9. The Morgan fingerprint density at radius 1 is 1.36 bits per heavy atom. The molecule has 14 heavy (non-hydrogen) atoms. The fourth-order valence-electron chi connectivity index (χ4n) is 1.09. The van der Waals surface area contributed by atoms with Gasteiger partial charge in [0, 0.05) is 6.42 Å². The molecule has 0 saturated carbocycles. The van der Waals surface area contributed by atoms with Crippen LogP contribution in [-0.2, 0) is 16.1 Å². The molecule has 0 amide bonds. The van der Waals surface area contributed by atoms with Gasteiger partial charge in [0.15, 0.2) is 0 Å². The normalized spacial score (nSPS) is 12.4. The number of hydrogen-bond acceptors (Lipinski definition) is 3. The zero-order chi connectivity index (χ0) is 10.2. The topological polar surface area (TPSA) is 52.3 Å². The van der Waals surface area contributed by atoms with Gasteiger partial charge < -0.3 is 15.3 Å². The van der Waals surface area contributed by atoms with Crippen LogP contribution in [0.15, 0.2) is 30.3 Å². The number of aldehydes is 1. The highest BCUT2D eigenvalue weighted by molar-refractivity contribution is 5.49. The van der Waals surface area contributed by atoms with Gasteiger partial charge in [-0.3, -0.25) is 0 Å². The fraction of sp³-hybridized carbons (Fsp3) is 0.364. The molecule has 3 heteroatoms. The minimum absolute atomic E-state index is 0.347. The van der Waals surface area contributed by atoms with Gasteiger partial charge in [-0.1, -0.05) is 30.3 Å². The maximum absolute atomic E-state index is 10.1. The van der Waals surface area contributed by atoms with Crippen LogP contribution in [0.2, 0.25) is 0 Å². The van der Waals surface area contributed by atoms with Crippen molar-refractivity contribution in [2.24, 2.45) is 5.73 Å². The van der Waals surface area contributed by atoms with Crippen molar-refractivity contribution >= 4 is 6.29 Å². The summed E-state index contributed by atoms with van der Waals surface area (Å²) in [5, 5.41) is 0. The van der Waals surface area contributed by atoms with Crippen molar-refractivity contribution in [2.75, 3.05) is 0 Å². The molecule has 1 atom stereocenters. The molecule has 0 spiro atoms. The van der Waals surface area contributed by atoms with Crippen molar-refractivity contribution in [3.8, 4) is 0 Å². The molecule has 2 N–H and O–H groups in total. The van der Waals surface area contributed by atoms with Gasteiger partial charge in [0.1, 0.15) is 12.5 Å². The molecule has 1 aromatic rings. The molecule has 1 rings (SSSR count). The highest BCUT2D eigenvalue weighted by atomic mass is 16.5. The summed E-state index contributed by atoms with van der Waals surface area (Å²) in [5.41, 5.74) is 6.72. The average Bonchev–Trinajstić information content (AvgIpc) is 2.25. The number of rotatable bonds is 6. The predicted molar refractivity (Wildman–Crippen MR) is 54.5 cm³/mol. The SMILES string of the molecule is NC(CCC=O)OCc1ccccc1. The molecule has 1 aromatic carbocycles. The van der Waals surface area contributed by atoms with E-state index in [9.17, 15) is 4.79 Å². The number of nitrogens with two attached hydrogens (primary N) is 1. The first-order valence-electron chi connectivity index (χ1n) is 4.67. The Morgan fingerprint density at radius 3 is 2.71 bits per heavy atom. The lowest BCUT2D eigenvalue weighted by atomic mass is 10.2. The lowest BCUT2D eigenvalue weighted by Gasteiger charge is -2.11. The van der Waals surface area contributed by atoms with Crippen molar-refractivity contribution < 1.29 is 9.53 Å². The van der Waals surface area contributed by atoms with Gasteiger partial charge in [0.05, 0.1) is 6.61 Å². The molecular formula is C11H15NO2. The van der Waals surface area contributed by atoms with E-state index in [0.29, 0.717) is 19.4 Å². The van der Waals surface area contributed by atoms with E-state index in [1.54, 1.807) is 0 Å². The molecule has 1 unspecified atom stereocenters. The van der Waals surface area contributed by atoms with Gasteiger partial charge in [0.25, 0.3) is 0 Å². The third-order valence-electron chi connectivity index (χ3n) is 1.88. The van der Waals surface area contributed by atoms with Crippen LogP contribution in [0, 0.1) is 0 Å². The molecular weight excluding hydrogens is 178 g/mol. The number of benzene rings is 1. The third-order valence-corrected chi connectivity index (χ3v) is 1.88. The van der Waals surface area contributed by atoms with Crippen LogP contribution < -0.4 is 5.73 Å². The van der Waals surface area contributed by atoms with Crippen molar-refractivity contribution in [2.45, 2.75) is 25.7 Å². The van der Waals surface area contributed by atoms with E-state index in [2.05, 4.69) is 0 Å². The van der Waals surface area contributed by atoms with Crippen LogP contribution in [0.4, 0.5) is 0 Å². The van der Waals surface area contributed by atoms with Gasteiger partial charge in [0.2, 0.25) is 0 Å². The first-order valence-corrected chi connectivity index (χ1v) is 4.67. The molecule has 0 saturated heterocycles. The predicted octanol–water partition coefficient (Wildman–Crippen LogP) is 1.47. The Kier molecular flexibility index (Phi) is 4.89. The Hall–Kier alpha value is -1.19. The van der Waals surface area contributed by atoms with E-state index in [1.165, 1.54) is 0 Å². The van der Waals surface area contributed by atoms with Gasteiger partial charge in [-0.2, -0.15) is 0 Å². The minimum Gasteiger partial charge on any atom is -0.359 e. The van der Waals surface area contributed by atoms with Crippen LogP contribution in [-0.4, -0.2) is 12.5 Å². The van der Waals surface area contributed by atoms with Gasteiger partial charge in [-0.05, 0) is 12.0 Å². The highest BCUT2D eigenvalue weighted by Crippen LogP contribution is 2.03. The van der Waals surface area contributed by atoms with E-state index in [0.717, 1.165) is 11.8 Å². The lowest BCUT2D eigenvalue weighted by molar-refractivity contribution is -0.108. The Morgan fingerprint density at radius 2 is 2.07 bits per heavy atom. The quantitative estimate of drug-likeness (QED) is 0.549. The Labute approximate surface area is 83.9 Å². The molecule has 0 fully saturated rings. The first-order chi connectivity index (χ1) is 6.83. The minimum atomic E-state index is -0.347. The number of carbonyl (C=O) groups excluding carboxylic acids is 1. The van der Waals surface area contributed by atoms with Crippen molar-refractivity contribution in [3.05, 3.63) is 35.9 Å². The molecule has 0 aliphatic heterocycles. The number of ether oxygens (including phenoxy) is 1. The summed E-state index contributed by atoms with van der Waals surface area (Å²) in [5.74, 6) is 0. The summed E-state index contributed by atoms with van der Waals surface area (Å²) in [6.07, 6.45) is 1.54. The molecule has 3 nitrogen and oxygen atoms in total. The molecule has 0 aliphatic carbocycles. The van der Waals surface area contributed by atoms with Crippen molar-refractivity contribution in [3.63, 3.8) is 0 Å². The molecule has 0 heterocycles. The van der Waals surface area contributed by atoms with E-state index in [1.807, 2.05) is 30.3 Å². The third kappa shape index (κ3) is 4.16. The second kappa shape index (κ2) is 6.29. The standard InChI is InChI=1S/C11H15NO2/c12-11(7-4-8-13)14-9-10-5-2-1-3-6-10/h1-3,5-6,8,11H,4,7,9,12H2. The van der Waals surface area contributed by atoms with E-state index in [4.69, 9.17) is 10.5 Å². The van der Waals surface area contributed by atoms with Crippen LogP contribution in [0.3, 0.4) is 0 Å². The fourth-order valence-corrected chi connectivity index (χ4v) is 1.09. The number of carbonyl (C=O) groups is 1. The zero-order valence-electron chi connectivity index (χ0n) is 8.06. The van der Waals surface area contributed by atoms with E-state index in [-0.39, 0.29) is 6.23 Å². The lowest BCUT2D eigenvalue weighted by Crippen LogP contribution is -2.23. The Balaban J connectivity index is 2.23. The highest BCUT2D eigenvalue weighted by Gasteiger charge is 2.01. The summed E-state index contributed by atoms with van der Waals surface area (Å²) >= 11 is 0. The summed E-state index contributed by atoms with van der Waals surface area (Å²) in [6.45, 7) is 0.501. The molecule has 0 bridgehead atoms. The average molecular weight is 193 g/mol.